The fourth-order valence-corrected chi connectivity index (χ4v) is 5.84. The number of nitrogens with one attached hydrogen (secondary N) is 2. The minimum Gasteiger partial charge on any atom is -0.490 e. The van der Waals surface area contributed by atoms with Crippen LogP contribution >= 0.6 is 0 Å². The van der Waals surface area contributed by atoms with Gasteiger partial charge in [0.15, 0.2) is 0 Å². The number of carbonyl (C=O) groups is 2. The van der Waals surface area contributed by atoms with Crippen molar-refractivity contribution in [2.45, 2.75) is 39.8 Å². The maximum absolute atomic E-state index is 12.8. The van der Waals surface area contributed by atoms with Crippen molar-refractivity contribution in [3.05, 3.63) is 59.2 Å². The SMILES string of the molecule is CC(C)OCCOc1ccc(C#Cc2ccc(N3CCN(S(=O)(=O)NC(C(=O)O)C(C)C)CC3)cc2)cc1C(=O)NCC#N. The molecular formula is C31H39N5O7S. The first kappa shape index (κ1) is 34.4. The van der Waals surface area contributed by atoms with E-state index in [9.17, 15) is 23.1 Å². The van der Waals surface area contributed by atoms with Crippen molar-refractivity contribution in [3.8, 4) is 23.7 Å². The lowest BCUT2D eigenvalue weighted by atomic mass is 10.1. The Morgan fingerprint density at radius 2 is 1.61 bits per heavy atom. The van der Waals surface area contributed by atoms with E-state index in [0.29, 0.717) is 31.0 Å². The molecule has 1 heterocycles. The van der Waals surface area contributed by atoms with Gasteiger partial charge in [0, 0.05) is 43.0 Å². The van der Waals surface area contributed by atoms with Crippen molar-refractivity contribution in [1.82, 2.24) is 14.3 Å². The number of rotatable bonds is 13. The zero-order valence-electron chi connectivity index (χ0n) is 25.4. The second-order valence-corrected chi connectivity index (χ2v) is 12.4. The van der Waals surface area contributed by atoms with Crippen LogP contribution in [0.4, 0.5) is 5.69 Å². The van der Waals surface area contributed by atoms with Gasteiger partial charge in [-0.15, -0.1) is 0 Å². The molecular weight excluding hydrogens is 586 g/mol. The van der Waals surface area contributed by atoms with Crippen LogP contribution in [0, 0.1) is 29.1 Å². The van der Waals surface area contributed by atoms with E-state index in [4.69, 9.17) is 14.7 Å². The van der Waals surface area contributed by atoms with Crippen LogP contribution in [0.2, 0.25) is 0 Å². The third kappa shape index (κ3) is 9.96. The van der Waals surface area contributed by atoms with E-state index in [0.717, 1.165) is 11.3 Å². The molecule has 0 saturated carbocycles. The molecule has 1 amide bonds. The Morgan fingerprint density at radius 3 is 2.20 bits per heavy atom. The summed E-state index contributed by atoms with van der Waals surface area (Å²) in [4.78, 5) is 26.2. The van der Waals surface area contributed by atoms with Gasteiger partial charge in [0.25, 0.3) is 16.1 Å². The molecule has 0 spiro atoms. The summed E-state index contributed by atoms with van der Waals surface area (Å²) in [6.07, 6.45) is 0.0602. The zero-order valence-corrected chi connectivity index (χ0v) is 26.2. The number of benzene rings is 2. The highest BCUT2D eigenvalue weighted by Gasteiger charge is 2.33. The van der Waals surface area contributed by atoms with Crippen molar-refractivity contribution < 1.29 is 32.6 Å². The van der Waals surface area contributed by atoms with Crippen LogP contribution in [-0.4, -0.2) is 87.8 Å². The number of nitrogens with zero attached hydrogens (tertiary/aromatic N) is 3. The van der Waals surface area contributed by atoms with Crippen molar-refractivity contribution >= 4 is 27.8 Å². The number of piperazine rings is 1. The van der Waals surface area contributed by atoms with Gasteiger partial charge in [0.2, 0.25) is 0 Å². The molecule has 3 N–H and O–H groups in total. The van der Waals surface area contributed by atoms with Crippen molar-refractivity contribution in [2.24, 2.45) is 5.92 Å². The number of ether oxygens (including phenoxy) is 2. The van der Waals surface area contributed by atoms with Crippen molar-refractivity contribution in [2.75, 3.05) is 50.8 Å². The van der Waals surface area contributed by atoms with Crippen LogP contribution < -0.4 is 19.7 Å². The molecule has 1 saturated heterocycles. The van der Waals surface area contributed by atoms with Crippen LogP contribution in [0.1, 0.15) is 49.2 Å². The molecule has 236 valence electrons. The molecule has 0 radical (unpaired) electrons. The van der Waals surface area contributed by atoms with Gasteiger partial charge < -0.3 is 24.8 Å². The van der Waals surface area contributed by atoms with Crippen LogP contribution in [0.25, 0.3) is 0 Å². The average molecular weight is 626 g/mol. The second kappa shape index (κ2) is 16.1. The Bertz CT molecular complexity index is 1500. The van der Waals surface area contributed by atoms with Crippen molar-refractivity contribution in [3.63, 3.8) is 0 Å². The molecule has 1 aliphatic heterocycles. The van der Waals surface area contributed by atoms with E-state index in [1.54, 1.807) is 32.0 Å². The molecule has 2 aromatic rings. The summed E-state index contributed by atoms with van der Waals surface area (Å²) >= 11 is 0. The maximum atomic E-state index is 12.8. The third-order valence-electron chi connectivity index (χ3n) is 6.72. The van der Waals surface area contributed by atoms with E-state index in [1.807, 2.05) is 44.2 Å². The molecule has 1 unspecified atom stereocenters. The standard InChI is InChI=1S/C31H39N5O7S/c1-22(2)29(31(38)39)34-44(40,41)36-17-15-35(16-18-36)26-10-7-24(8-11-26)5-6-25-9-12-28(43-20-19-42-23(3)4)27(21-25)30(37)33-14-13-32/h7-12,21-23,29,34H,14-20H2,1-4H3,(H,33,37)(H,38,39). The van der Waals surface area contributed by atoms with Gasteiger partial charge in [0.1, 0.15) is 24.9 Å². The molecule has 12 nitrogen and oxygen atoms in total. The number of amides is 1. The molecule has 3 rings (SSSR count). The Balaban J connectivity index is 1.65. The first-order valence-electron chi connectivity index (χ1n) is 14.3. The van der Waals surface area contributed by atoms with Crippen LogP contribution in [0.5, 0.6) is 5.75 Å². The molecule has 1 atom stereocenters. The Kier molecular flexibility index (Phi) is 12.6. The molecule has 0 bridgehead atoms. The van der Waals surface area contributed by atoms with Gasteiger partial charge in [-0.1, -0.05) is 25.7 Å². The van der Waals surface area contributed by atoms with E-state index in [-0.39, 0.29) is 37.9 Å². The molecule has 1 aliphatic rings. The number of nitriles is 1. The monoisotopic (exact) mass is 625 g/mol. The summed E-state index contributed by atoms with van der Waals surface area (Å²) in [7, 11) is -3.94. The van der Waals surface area contributed by atoms with Crippen LogP contribution in [0.3, 0.4) is 0 Å². The van der Waals surface area contributed by atoms with Crippen LogP contribution in [-0.2, 0) is 19.7 Å². The molecule has 0 aliphatic carbocycles. The number of carboxylic acid groups (broad SMARTS) is 1. The van der Waals surface area contributed by atoms with Gasteiger partial charge in [-0.2, -0.15) is 22.7 Å². The molecule has 2 aromatic carbocycles. The van der Waals surface area contributed by atoms with E-state index < -0.39 is 34.0 Å². The predicted octanol–water partition coefficient (Wildman–Crippen LogP) is 2.21. The average Bonchev–Trinajstić information content (AvgIpc) is 3.00. The van der Waals surface area contributed by atoms with Crippen molar-refractivity contribution in [1.29, 1.82) is 5.26 Å². The number of carbonyl (C=O) groups excluding carboxylic acids is 1. The molecule has 1 fully saturated rings. The highest BCUT2D eigenvalue weighted by molar-refractivity contribution is 7.87. The number of hydrogen-bond acceptors (Lipinski definition) is 8. The third-order valence-corrected chi connectivity index (χ3v) is 8.31. The molecule has 44 heavy (non-hydrogen) atoms. The fraction of sp³-hybridized carbons (Fsp3) is 0.452. The predicted molar refractivity (Wildman–Crippen MR) is 165 cm³/mol. The highest BCUT2D eigenvalue weighted by Crippen LogP contribution is 2.21. The van der Waals surface area contributed by atoms with Gasteiger partial charge in [-0.25, -0.2) is 0 Å². The largest absolute Gasteiger partial charge is 0.490 e. The van der Waals surface area contributed by atoms with Gasteiger partial charge in [-0.05, 0) is 62.2 Å². The zero-order chi connectivity index (χ0) is 32.3. The maximum Gasteiger partial charge on any atom is 0.322 e. The van der Waals surface area contributed by atoms with E-state index in [1.165, 1.54) is 4.31 Å². The number of hydrogen-bond donors (Lipinski definition) is 3. The Morgan fingerprint density at radius 1 is 0.977 bits per heavy atom. The fourth-order valence-electron chi connectivity index (χ4n) is 4.35. The summed E-state index contributed by atoms with van der Waals surface area (Å²) < 4.78 is 40.3. The smallest absolute Gasteiger partial charge is 0.322 e. The summed E-state index contributed by atoms with van der Waals surface area (Å²) in [5.74, 6) is 4.48. The van der Waals surface area contributed by atoms with Gasteiger partial charge >= 0.3 is 5.97 Å². The number of aliphatic carboxylic acids is 1. The minimum atomic E-state index is -3.94. The summed E-state index contributed by atoms with van der Waals surface area (Å²) in [6, 6.07) is 13.3. The summed E-state index contributed by atoms with van der Waals surface area (Å²) in [5.41, 5.74) is 2.52. The second-order valence-electron chi connectivity index (χ2n) is 10.7. The molecule has 13 heteroatoms. The first-order chi connectivity index (χ1) is 20.9. The minimum absolute atomic E-state index is 0.0602. The number of anilines is 1. The first-order valence-corrected chi connectivity index (χ1v) is 15.8. The lowest BCUT2D eigenvalue weighted by Crippen LogP contribution is -2.55. The lowest BCUT2D eigenvalue weighted by Gasteiger charge is -2.36. The molecule has 0 aromatic heterocycles. The van der Waals surface area contributed by atoms with Gasteiger partial charge in [-0.3, -0.25) is 9.59 Å². The Hall–Kier alpha value is -4.14. The Labute approximate surface area is 259 Å². The number of carboxylic acids is 1. The lowest BCUT2D eigenvalue weighted by molar-refractivity contribution is -0.140. The van der Waals surface area contributed by atoms with Gasteiger partial charge in [0.05, 0.1) is 24.3 Å². The summed E-state index contributed by atoms with van der Waals surface area (Å²) in [6.45, 7) is 8.97. The van der Waals surface area contributed by atoms with E-state index in [2.05, 4.69) is 26.8 Å². The summed E-state index contributed by atoms with van der Waals surface area (Å²) in [5, 5.41) is 20.7. The topological polar surface area (TPSA) is 161 Å². The van der Waals surface area contributed by atoms with Crippen LogP contribution in [0.15, 0.2) is 42.5 Å². The normalized spacial score (nSPS) is 14.4. The highest BCUT2D eigenvalue weighted by atomic mass is 32.2. The quantitative estimate of drug-likeness (QED) is 0.172. The van der Waals surface area contributed by atoms with E-state index >= 15 is 0 Å².